The van der Waals surface area contributed by atoms with E-state index in [2.05, 4.69) is 20.5 Å². The zero-order chi connectivity index (χ0) is 14.9. The maximum absolute atomic E-state index is 12.2. The molecule has 0 saturated heterocycles. The van der Waals surface area contributed by atoms with Crippen LogP contribution in [0.15, 0.2) is 24.5 Å². The maximum Gasteiger partial charge on any atom is 0.226 e. The minimum absolute atomic E-state index is 0.0754. The molecule has 1 N–H and O–H groups in total. The second kappa shape index (κ2) is 5.76. The van der Waals surface area contributed by atoms with Crippen molar-refractivity contribution in [2.75, 3.05) is 5.32 Å². The van der Waals surface area contributed by atoms with Gasteiger partial charge >= 0.3 is 0 Å². The number of rotatable bonds is 4. The number of aromatic nitrogens is 3. The van der Waals surface area contributed by atoms with Crippen LogP contribution in [0.2, 0.25) is 0 Å². The molecule has 2 fully saturated rings. The Hall–Kier alpha value is -1.82. The Morgan fingerprint density at radius 1 is 1.32 bits per heavy atom. The van der Waals surface area contributed by atoms with Gasteiger partial charge in [-0.1, -0.05) is 17.8 Å². The molecule has 2 heterocycles. The molecule has 0 spiro atoms. The van der Waals surface area contributed by atoms with Crippen LogP contribution >= 0.6 is 11.3 Å². The van der Waals surface area contributed by atoms with E-state index in [1.165, 1.54) is 37.0 Å². The Morgan fingerprint density at radius 3 is 3.00 bits per heavy atom. The summed E-state index contributed by atoms with van der Waals surface area (Å²) in [7, 11) is 0. The molecule has 0 aliphatic heterocycles. The second-order valence-electron chi connectivity index (χ2n) is 6.34. The summed E-state index contributed by atoms with van der Waals surface area (Å²) in [4.78, 5) is 16.3. The summed E-state index contributed by atoms with van der Waals surface area (Å²) in [5, 5.41) is 12.4. The smallest absolute Gasteiger partial charge is 0.226 e. The van der Waals surface area contributed by atoms with Crippen molar-refractivity contribution in [3.05, 3.63) is 24.5 Å². The highest BCUT2D eigenvalue weighted by atomic mass is 32.1. The van der Waals surface area contributed by atoms with Crippen molar-refractivity contribution < 1.29 is 4.79 Å². The van der Waals surface area contributed by atoms with Gasteiger partial charge in [-0.15, -0.1) is 10.2 Å². The van der Waals surface area contributed by atoms with Crippen molar-refractivity contribution in [2.45, 2.75) is 32.1 Å². The van der Waals surface area contributed by atoms with Crippen molar-refractivity contribution in [2.24, 2.45) is 17.8 Å². The minimum Gasteiger partial charge on any atom is -0.301 e. The van der Waals surface area contributed by atoms with Crippen LogP contribution in [0.3, 0.4) is 0 Å². The molecular formula is C16H18N4OS. The molecule has 2 aromatic heterocycles. The van der Waals surface area contributed by atoms with Gasteiger partial charge in [0.05, 0.1) is 0 Å². The van der Waals surface area contributed by atoms with E-state index in [1.54, 1.807) is 12.4 Å². The maximum atomic E-state index is 12.2. The highest BCUT2D eigenvalue weighted by molar-refractivity contribution is 7.18. The van der Waals surface area contributed by atoms with Crippen LogP contribution in [0.4, 0.5) is 5.13 Å². The fourth-order valence-electron chi connectivity index (χ4n) is 3.91. The van der Waals surface area contributed by atoms with E-state index in [0.29, 0.717) is 17.5 Å². The van der Waals surface area contributed by atoms with Gasteiger partial charge in [0.15, 0.2) is 5.01 Å². The molecule has 2 bridgehead atoms. The van der Waals surface area contributed by atoms with Crippen LogP contribution in [-0.2, 0) is 4.79 Å². The van der Waals surface area contributed by atoms with Gasteiger partial charge in [-0.2, -0.15) is 0 Å². The first-order chi connectivity index (χ1) is 10.8. The number of carbonyl (C=O) groups excluding carboxylic acids is 1. The third-order valence-corrected chi connectivity index (χ3v) is 5.80. The van der Waals surface area contributed by atoms with Crippen LogP contribution in [0, 0.1) is 17.8 Å². The number of anilines is 1. The summed E-state index contributed by atoms with van der Waals surface area (Å²) in [6.07, 6.45) is 9.35. The van der Waals surface area contributed by atoms with Gasteiger partial charge in [0.2, 0.25) is 11.0 Å². The molecule has 3 atom stereocenters. The van der Waals surface area contributed by atoms with Crippen molar-refractivity contribution in [3.8, 4) is 10.6 Å². The normalized spacial score (nSPS) is 26.3. The first kappa shape index (κ1) is 13.8. The molecule has 0 unspecified atom stereocenters. The molecule has 6 heteroatoms. The van der Waals surface area contributed by atoms with E-state index in [9.17, 15) is 4.79 Å². The first-order valence-electron chi connectivity index (χ1n) is 7.81. The fraction of sp³-hybridized carbons (Fsp3) is 0.500. The molecule has 2 aliphatic rings. The van der Waals surface area contributed by atoms with Crippen molar-refractivity contribution in [1.82, 2.24) is 15.2 Å². The largest absolute Gasteiger partial charge is 0.301 e. The Morgan fingerprint density at radius 2 is 2.27 bits per heavy atom. The third-order valence-electron chi connectivity index (χ3n) is 4.91. The van der Waals surface area contributed by atoms with E-state index in [1.807, 2.05) is 12.1 Å². The number of carbonyl (C=O) groups is 1. The number of amides is 1. The van der Waals surface area contributed by atoms with E-state index >= 15 is 0 Å². The Kier molecular flexibility index (Phi) is 3.62. The van der Waals surface area contributed by atoms with Crippen molar-refractivity contribution >= 4 is 22.4 Å². The van der Waals surface area contributed by atoms with Gasteiger partial charge in [-0.3, -0.25) is 9.78 Å². The molecule has 0 aromatic carbocycles. The van der Waals surface area contributed by atoms with Gasteiger partial charge < -0.3 is 5.32 Å². The van der Waals surface area contributed by atoms with Gasteiger partial charge in [0, 0.05) is 24.4 Å². The number of nitrogens with zero attached hydrogens (tertiary/aromatic N) is 3. The fourth-order valence-corrected chi connectivity index (χ4v) is 4.66. The predicted molar refractivity (Wildman–Crippen MR) is 85.3 cm³/mol. The predicted octanol–water partition coefficient (Wildman–Crippen LogP) is 3.36. The topological polar surface area (TPSA) is 67.8 Å². The Bertz CT molecular complexity index is 672. The quantitative estimate of drug-likeness (QED) is 0.939. The van der Waals surface area contributed by atoms with Crippen LogP contribution in [-0.4, -0.2) is 21.1 Å². The molecule has 2 aliphatic carbocycles. The SMILES string of the molecule is O=C(C[C@H]1C[C@@H]2CC[C@H]1C2)Nc1nnc(-c2cccnc2)s1. The Balaban J connectivity index is 1.37. The van der Waals surface area contributed by atoms with Gasteiger partial charge in [-0.05, 0) is 49.1 Å². The monoisotopic (exact) mass is 314 g/mol. The third kappa shape index (κ3) is 2.75. The van der Waals surface area contributed by atoms with Crippen molar-refractivity contribution in [1.29, 1.82) is 0 Å². The molecule has 5 nitrogen and oxygen atoms in total. The van der Waals surface area contributed by atoms with Gasteiger partial charge in [0.25, 0.3) is 0 Å². The minimum atomic E-state index is 0.0754. The number of hydrogen-bond donors (Lipinski definition) is 1. The first-order valence-corrected chi connectivity index (χ1v) is 8.63. The lowest BCUT2D eigenvalue weighted by Crippen LogP contribution is -2.20. The standard InChI is InChI=1S/C16H18N4OS/c21-14(8-13-7-10-3-4-11(13)6-10)18-16-20-19-15(22-16)12-2-1-5-17-9-12/h1-2,5,9-11,13H,3-4,6-8H2,(H,18,20,21)/t10-,11+,13-/m1/s1. The zero-order valence-electron chi connectivity index (χ0n) is 12.2. The number of fused-ring (bicyclic) bond motifs is 2. The highest BCUT2D eigenvalue weighted by Crippen LogP contribution is 2.49. The van der Waals surface area contributed by atoms with E-state index < -0.39 is 0 Å². The van der Waals surface area contributed by atoms with E-state index in [0.717, 1.165) is 22.4 Å². The van der Waals surface area contributed by atoms with E-state index in [4.69, 9.17) is 0 Å². The molecule has 1 amide bonds. The summed E-state index contributed by atoms with van der Waals surface area (Å²) >= 11 is 1.39. The van der Waals surface area contributed by atoms with Crippen LogP contribution < -0.4 is 5.32 Å². The van der Waals surface area contributed by atoms with E-state index in [-0.39, 0.29) is 5.91 Å². The number of pyridine rings is 1. The zero-order valence-corrected chi connectivity index (χ0v) is 13.1. The van der Waals surface area contributed by atoms with Gasteiger partial charge in [0.1, 0.15) is 0 Å². The number of hydrogen-bond acceptors (Lipinski definition) is 5. The summed E-state index contributed by atoms with van der Waals surface area (Å²) in [6, 6.07) is 3.80. The molecule has 0 radical (unpaired) electrons. The van der Waals surface area contributed by atoms with Crippen molar-refractivity contribution in [3.63, 3.8) is 0 Å². The summed E-state index contributed by atoms with van der Waals surface area (Å²) in [5.74, 6) is 2.30. The average Bonchev–Trinajstić information content (AvgIpc) is 3.24. The lowest BCUT2D eigenvalue weighted by atomic mass is 9.86. The van der Waals surface area contributed by atoms with Gasteiger partial charge in [-0.25, -0.2) is 0 Å². The summed E-state index contributed by atoms with van der Waals surface area (Å²) in [6.45, 7) is 0. The molecular weight excluding hydrogens is 296 g/mol. The Labute approximate surface area is 133 Å². The van der Waals surface area contributed by atoms with Crippen LogP contribution in [0.25, 0.3) is 10.6 Å². The van der Waals surface area contributed by atoms with Crippen LogP contribution in [0.5, 0.6) is 0 Å². The summed E-state index contributed by atoms with van der Waals surface area (Å²) in [5.41, 5.74) is 0.925. The lowest BCUT2D eigenvalue weighted by molar-refractivity contribution is -0.117. The van der Waals surface area contributed by atoms with Crippen LogP contribution in [0.1, 0.15) is 32.1 Å². The molecule has 4 rings (SSSR count). The molecule has 22 heavy (non-hydrogen) atoms. The number of nitrogens with one attached hydrogen (secondary N) is 1. The lowest BCUT2D eigenvalue weighted by Gasteiger charge is -2.20. The highest BCUT2D eigenvalue weighted by Gasteiger charge is 2.40. The molecule has 2 saturated carbocycles. The molecule has 114 valence electrons. The summed E-state index contributed by atoms with van der Waals surface area (Å²) < 4.78 is 0. The molecule has 2 aromatic rings. The average molecular weight is 314 g/mol. The second-order valence-corrected chi connectivity index (χ2v) is 7.32.